The van der Waals surface area contributed by atoms with E-state index in [4.69, 9.17) is 4.74 Å². The molecule has 0 saturated heterocycles. The van der Waals surface area contributed by atoms with Gasteiger partial charge in [0.15, 0.2) is 6.61 Å². The van der Waals surface area contributed by atoms with Gasteiger partial charge in [-0.15, -0.1) is 0 Å². The second kappa shape index (κ2) is 9.37. The molecule has 0 aliphatic carbocycles. The van der Waals surface area contributed by atoms with Crippen molar-refractivity contribution >= 4 is 5.91 Å². The van der Waals surface area contributed by atoms with Crippen LogP contribution in [0.2, 0.25) is 0 Å². The van der Waals surface area contributed by atoms with E-state index in [0.29, 0.717) is 23.1 Å². The number of aryl methyl sites for hydroxylation is 1. The molecule has 2 aromatic carbocycles. The van der Waals surface area contributed by atoms with Gasteiger partial charge in [0.05, 0.1) is 0 Å². The number of ether oxygens (including phenoxy) is 1. The van der Waals surface area contributed by atoms with E-state index in [1.54, 1.807) is 42.2 Å². The first kappa shape index (κ1) is 20.6. The summed E-state index contributed by atoms with van der Waals surface area (Å²) in [5.41, 5.74) is 1.42. The quantitative estimate of drug-likeness (QED) is 0.617. The third-order valence-electron chi connectivity index (χ3n) is 5.06. The molecule has 152 valence electrons. The Hall–Kier alpha value is -3.15. The maximum Gasteiger partial charge on any atom is 0.258 e. The van der Waals surface area contributed by atoms with Crippen LogP contribution in [0.4, 0.5) is 4.39 Å². The van der Waals surface area contributed by atoms with Crippen LogP contribution in [0.3, 0.4) is 0 Å². The molecule has 0 fully saturated rings. The minimum absolute atomic E-state index is 0.164. The van der Waals surface area contributed by atoms with Crippen LogP contribution in [0.5, 0.6) is 5.75 Å². The van der Waals surface area contributed by atoms with Gasteiger partial charge < -0.3 is 14.6 Å². The Balaban J connectivity index is 1.77. The number of carbonyl (C=O) groups excluding carboxylic acids is 1. The number of benzene rings is 2. The number of imidazole rings is 1. The minimum atomic E-state index is -0.711. The summed E-state index contributed by atoms with van der Waals surface area (Å²) >= 11 is 0. The van der Waals surface area contributed by atoms with Crippen LogP contribution in [0.25, 0.3) is 0 Å². The number of aromatic nitrogens is 2. The van der Waals surface area contributed by atoms with Crippen LogP contribution in [-0.2, 0) is 11.8 Å². The van der Waals surface area contributed by atoms with E-state index in [1.165, 1.54) is 6.07 Å². The average Bonchev–Trinajstić information content (AvgIpc) is 3.16. The number of para-hydroxylation sites is 1. The molecular formula is C23H26FN3O2. The third-order valence-corrected chi connectivity index (χ3v) is 5.06. The first-order chi connectivity index (χ1) is 14.0. The van der Waals surface area contributed by atoms with Crippen molar-refractivity contribution in [1.29, 1.82) is 0 Å². The summed E-state index contributed by atoms with van der Waals surface area (Å²) in [6.07, 6.45) is 4.35. The molecule has 3 aromatic rings. The number of amides is 1. The summed E-state index contributed by atoms with van der Waals surface area (Å²) in [4.78, 5) is 17.0. The number of nitrogens with zero attached hydrogens (tertiary/aromatic N) is 2. The summed E-state index contributed by atoms with van der Waals surface area (Å²) in [6, 6.07) is 13.4. The molecule has 0 saturated carbocycles. The molecular weight excluding hydrogens is 369 g/mol. The van der Waals surface area contributed by atoms with E-state index in [0.717, 1.165) is 12.0 Å². The number of halogens is 1. The molecule has 2 unspecified atom stereocenters. The van der Waals surface area contributed by atoms with Crippen LogP contribution >= 0.6 is 0 Å². The van der Waals surface area contributed by atoms with Gasteiger partial charge >= 0.3 is 0 Å². The second-order valence-corrected chi connectivity index (χ2v) is 7.05. The predicted octanol–water partition coefficient (Wildman–Crippen LogP) is 4.36. The number of nitrogens with one attached hydrogen (secondary N) is 1. The van der Waals surface area contributed by atoms with Crippen LogP contribution in [0.1, 0.15) is 49.2 Å². The van der Waals surface area contributed by atoms with Gasteiger partial charge in [0.2, 0.25) is 0 Å². The molecule has 0 aliphatic heterocycles. The Morgan fingerprint density at radius 2 is 1.86 bits per heavy atom. The zero-order valence-corrected chi connectivity index (χ0v) is 16.9. The lowest BCUT2D eigenvalue weighted by atomic mass is 9.98. The molecule has 29 heavy (non-hydrogen) atoms. The highest BCUT2D eigenvalue weighted by Gasteiger charge is 2.24. The molecule has 1 N–H and O–H groups in total. The smallest absolute Gasteiger partial charge is 0.258 e. The normalized spacial score (nSPS) is 13.0. The standard InChI is InChI=1S/C23H26FN3O2/c1-4-16(2)17-9-6-8-12-20(17)29-15-21(28)26-22(23-25-13-14-27(23)3)18-10-5-7-11-19(18)24/h5-14,16,22H,4,15H2,1-3H3,(H,26,28). The van der Waals surface area contributed by atoms with Crippen LogP contribution in [-0.4, -0.2) is 22.1 Å². The van der Waals surface area contributed by atoms with Gasteiger partial charge in [-0.3, -0.25) is 4.79 Å². The Labute approximate surface area is 170 Å². The molecule has 6 heteroatoms. The largest absolute Gasteiger partial charge is 0.483 e. The van der Waals surface area contributed by atoms with Crippen molar-refractivity contribution in [3.05, 3.63) is 83.7 Å². The molecule has 0 bridgehead atoms. The highest BCUT2D eigenvalue weighted by atomic mass is 19.1. The Kier molecular flexibility index (Phi) is 6.65. The zero-order chi connectivity index (χ0) is 20.8. The van der Waals surface area contributed by atoms with Gasteiger partial charge in [-0.2, -0.15) is 0 Å². The predicted molar refractivity (Wildman–Crippen MR) is 110 cm³/mol. The monoisotopic (exact) mass is 395 g/mol. The molecule has 1 aromatic heterocycles. The fourth-order valence-electron chi connectivity index (χ4n) is 3.23. The number of hydrogen-bond donors (Lipinski definition) is 1. The fraction of sp³-hybridized carbons (Fsp3) is 0.304. The molecule has 5 nitrogen and oxygen atoms in total. The van der Waals surface area contributed by atoms with E-state index in [1.807, 2.05) is 24.3 Å². The Morgan fingerprint density at radius 3 is 2.52 bits per heavy atom. The summed E-state index contributed by atoms with van der Waals surface area (Å²) in [5.74, 6) is 0.817. The van der Waals surface area contributed by atoms with Crippen molar-refractivity contribution < 1.29 is 13.9 Å². The molecule has 1 amide bonds. The number of hydrogen-bond acceptors (Lipinski definition) is 3. The summed E-state index contributed by atoms with van der Waals surface area (Å²) in [6.45, 7) is 4.07. The van der Waals surface area contributed by atoms with Crippen molar-refractivity contribution in [3.8, 4) is 5.75 Å². The van der Waals surface area contributed by atoms with Crippen molar-refractivity contribution in [1.82, 2.24) is 14.9 Å². The van der Waals surface area contributed by atoms with E-state index in [9.17, 15) is 9.18 Å². The average molecular weight is 395 g/mol. The first-order valence-corrected chi connectivity index (χ1v) is 9.74. The van der Waals surface area contributed by atoms with Gasteiger partial charge in [0.25, 0.3) is 5.91 Å². The molecule has 2 atom stereocenters. The first-order valence-electron chi connectivity index (χ1n) is 9.74. The lowest BCUT2D eigenvalue weighted by molar-refractivity contribution is -0.123. The topological polar surface area (TPSA) is 56.1 Å². The maximum absolute atomic E-state index is 14.4. The molecule has 1 heterocycles. The minimum Gasteiger partial charge on any atom is -0.483 e. The summed E-state index contributed by atoms with van der Waals surface area (Å²) in [7, 11) is 1.81. The van der Waals surface area contributed by atoms with Crippen LogP contribution in [0.15, 0.2) is 60.9 Å². The molecule has 0 radical (unpaired) electrons. The van der Waals surface area contributed by atoms with Gasteiger partial charge in [0, 0.05) is 25.0 Å². The highest BCUT2D eigenvalue weighted by Crippen LogP contribution is 2.28. The third kappa shape index (κ3) is 4.83. The van der Waals surface area contributed by atoms with Crippen molar-refractivity contribution in [2.45, 2.75) is 32.2 Å². The van der Waals surface area contributed by atoms with Crippen LogP contribution in [0, 0.1) is 5.82 Å². The number of carbonyl (C=O) groups is 1. The lowest BCUT2D eigenvalue weighted by Gasteiger charge is -2.20. The second-order valence-electron chi connectivity index (χ2n) is 7.05. The fourth-order valence-corrected chi connectivity index (χ4v) is 3.23. The summed E-state index contributed by atoms with van der Waals surface area (Å²) in [5, 5.41) is 2.86. The van der Waals surface area contributed by atoms with Crippen molar-refractivity contribution in [2.75, 3.05) is 6.61 Å². The van der Waals surface area contributed by atoms with Gasteiger partial charge in [0.1, 0.15) is 23.4 Å². The van der Waals surface area contributed by atoms with Crippen molar-refractivity contribution in [2.24, 2.45) is 7.05 Å². The van der Waals surface area contributed by atoms with Gasteiger partial charge in [-0.05, 0) is 30.0 Å². The highest BCUT2D eigenvalue weighted by molar-refractivity contribution is 5.78. The van der Waals surface area contributed by atoms with Crippen LogP contribution < -0.4 is 10.1 Å². The molecule has 0 aliphatic rings. The van der Waals surface area contributed by atoms with E-state index in [-0.39, 0.29) is 12.5 Å². The maximum atomic E-state index is 14.4. The lowest BCUT2D eigenvalue weighted by Crippen LogP contribution is -2.35. The Bertz CT molecular complexity index is 970. The van der Waals surface area contributed by atoms with Gasteiger partial charge in [-0.25, -0.2) is 9.37 Å². The summed E-state index contributed by atoms with van der Waals surface area (Å²) < 4.78 is 22.0. The number of rotatable bonds is 8. The van der Waals surface area contributed by atoms with E-state index < -0.39 is 11.9 Å². The van der Waals surface area contributed by atoms with E-state index >= 15 is 0 Å². The SMILES string of the molecule is CCC(C)c1ccccc1OCC(=O)NC(c1ccccc1F)c1nccn1C. The van der Waals surface area contributed by atoms with E-state index in [2.05, 4.69) is 24.1 Å². The van der Waals surface area contributed by atoms with Gasteiger partial charge in [-0.1, -0.05) is 50.2 Å². The zero-order valence-electron chi connectivity index (χ0n) is 16.9. The molecule has 0 spiro atoms. The van der Waals surface area contributed by atoms with Crippen molar-refractivity contribution in [3.63, 3.8) is 0 Å². The molecule has 3 rings (SSSR count). The Morgan fingerprint density at radius 1 is 1.17 bits per heavy atom.